The van der Waals surface area contributed by atoms with Crippen LogP contribution in [0.2, 0.25) is 0 Å². The highest BCUT2D eigenvalue weighted by molar-refractivity contribution is 7.85. The zero-order valence-corrected chi connectivity index (χ0v) is 11.0. The van der Waals surface area contributed by atoms with Crippen LogP contribution < -0.4 is 0 Å². The van der Waals surface area contributed by atoms with Crippen molar-refractivity contribution in [3.63, 3.8) is 0 Å². The van der Waals surface area contributed by atoms with Crippen LogP contribution in [0.1, 0.15) is 38.2 Å². The van der Waals surface area contributed by atoms with E-state index < -0.39 is 15.2 Å². The first-order chi connectivity index (χ1) is 8.43. The SMILES string of the molecule is CCCCCC[N+]([O-])=Cc1coc(S(=O)(=O)O)c1. The van der Waals surface area contributed by atoms with Crippen molar-refractivity contribution in [2.24, 2.45) is 0 Å². The summed E-state index contributed by atoms with van der Waals surface area (Å²) >= 11 is 0. The molecule has 0 saturated carbocycles. The van der Waals surface area contributed by atoms with Crippen molar-refractivity contribution >= 4 is 16.3 Å². The number of rotatable bonds is 7. The minimum atomic E-state index is -4.35. The van der Waals surface area contributed by atoms with Gasteiger partial charge in [-0.2, -0.15) is 8.42 Å². The standard InChI is InChI=1S/C11H17NO5S/c1-2-3-4-5-6-12(13)8-10-7-11(17-9-10)18(14,15)16/h7-9H,2-6H2,1H3,(H,14,15,16). The molecular formula is C11H17NO5S. The summed E-state index contributed by atoms with van der Waals surface area (Å²) in [6.07, 6.45) is 6.32. The molecule has 0 fully saturated rings. The summed E-state index contributed by atoms with van der Waals surface area (Å²) in [7, 11) is -4.35. The smallest absolute Gasteiger partial charge is 0.328 e. The number of hydrogen-bond donors (Lipinski definition) is 1. The Kier molecular flexibility index (Phi) is 5.36. The van der Waals surface area contributed by atoms with E-state index in [2.05, 4.69) is 11.3 Å². The van der Waals surface area contributed by atoms with Crippen molar-refractivity contribution in [2.75, 3.05) is 6.54 Å². The predicted octanol–water partition coefficient (Wildman–Crippen LogP) is 2.04. The van der Waals surface area contributed by atoms with Gasteiger partial charge in [0, 0.05) is 12.5 Å². The largest absolute Gasteiger partial charge is 0.624 e. The zero-order valence-electron chi connectivity index (χ0n) is 10.2. The first kappa shape index (κ1) is 14.7. The Morgan fingerprint density at radius 3 is 2.72 bits per heavy atom. The van der Waals surface area contributed by atoms with Crippen molar-refractivity contribution in [3.05, 3.63) is 23.1 Å². The number of hydroxylamine groups is 1. The highest BCUT2D eigenvalue weighted by atomic mass is 32.2. The summed E-state index contributed by atoms with van der Waals surface area (Å²) in [5.41, 5.74) is 0.313. The predicted molar refractivity (Wildman–Crippen MR) is 66.3 cm³/mol. The zero-order chi connectivity index (χ0) is 13.6. The molecule has 1 heterocycles. The second-order valence-electron chi connectivity index (χ2n) is 4.00. The third kappa shape index (κ3) is 4.89. The highest BCUT2D eigenvalue weighted by Crippen LogP contribution is 2.11. The van der Waals surface area contributed by atoms with Gasteiger partial charge in [-0.3, -0.25) is 4.55 Å². The van der Waals surface area contributed by atoms with Gasteiger partial charge >= 0.3 is 10.1 Å². The lowest BCUT2D eigenvalue weighted by molar-refractivity contribution is -0.453. The minimum Gasteiger partial charge on any atom is -0.624 e. The van der Waals surface area contributed by atoms with E-state index in [0.29, 0.717) is 12.1 Å². The molecule has 6 nitrogen and oxygen atoms in total. The second-order valence-corrected chi connectivity index (χ2v) is 5.36. The topological polar surface area (TPSA) is 93.6 Å². The Hall–Kier alpha value is -1.34. The Labute approximate surface area is 106 Å². The molecule has 0 bridgehead atoms. The van der Waals surface area contributed by atoms with Crippen molar-refractivity contribution in [1.29, 1.82) is 0 Å². The summed E-state index contributed by atoms with van der Waals surface area (Å²) in [5.74, 6) is 0. The van der Waals surface area contributed by atoms with E-state index in [9.17, 15) is 13.6 Å². The van der Waals surface area contributed by atoms with E-state index in [4.69, 9.17) is 4.55 Å². The van der Waals surface area contributed by atoms with Crippen LogP contribution in [0.15, 0.2) is 21.8 Å². The molecule has 1 rings (SSSR count). The summed E-state index contributed by atoms with van der Waals surface area (Å²) in [6.45, 7) is 2.44. The fraction of sp³-hybridized carbons (Fsp3) is 0.545. The van der Waals surface area contributed by atoms with Gasteiger partial charge in [0.2, 0.25) is 5.09 Å². The van der Waals surface area contributed by atoms with Gasteiger partial charge < -0.3 is 9.62 Å². The molecule has 0 aliphatic rings. The molecule has 0 atom stereocenters. The minimum absolute atomic E-state index is 0.313. The first-order valence-electron chi connectivity index (χ1n) is 5.78. The molecule has 0 spiro atoms. The number of furan rings is 1. The lowest BCUT2D eigenvalue weighted by Crippen LogP contribution is -2.07. The van der Waals surface area contributed by atoms with Gasteiger partial charge in [-0.15, -0.1) is 0 Å². The van der Waals surface area contributed by atoms with E-state index in [1.807, 2.05) is 0 Å². The van der Waals surface area contributed by atoms with Crippen molar-refractivity contribution in [3.8, 4) is 0 Å². The Morgan fingerprint density at radius 2 is 2.17 bits per heavy atom. The molecule has 7 heteroatoms. The van der Waals surface area contributed by atoms with Crippen molar-refractivity contribution in [1.82, 2.24) is 0 Å². The normalized spacial score (nSPS) is 12.9. The fourth-order valence-corrected chi connectivity index (χ4v) is 1.91. The molecule has 1 N–H and O–H groups in total. The molecule has 1 aromatic heterocycles. The quantitative estimate of drug-likeness (QED) is 0.205. The monoisotopic (exact) mass is 275 g/mol. The fourth-order valence-electron chi connectivity index (χ4n) is 1.46. The van der Waals surface area contributed by atoms with Crippen LogP contribution in [0.3, 0.4) is 0 Å². The number of hydrogen-bond acceptors (Lipinski definition) is 4. The highest BCUT2D eigenvalue weighted by Gasteiger charge is 2.15. The van der Waals surface area contributed by atoms with Crippen LogP contribution in [0.25, 0.3) is 0 Å². The van der Waals surface area contributed by atoms with Crippen LogP contribution in [-0.4, -0.2) is 30.5 Å². The third-order valence-corrected chi connectivity index (χ3v) is 3.10. The first-order valence-corrected chi connectivity index (χ1v) is 7.22. The maximum atomic E-state index is 11.4. The summed E-state index contributed by atoms with van der Waals surface area (Å²) < 4.78 is 35.5. The molecule has 18 heavy (non-hydrogen) atoms. The summed E-state index contributed by atoms with van der Waals surface area (Å²) in [6, 6.07) is 1.10. The third-order valence-electron chi connectivity index (χ3n) is 2.38. The Balaban J connectivity index is 2.57. The molecule has 0 aliphatic carbocycles. The average molecular weight is 275 g/mol. The van der Waals surface area contributed by atoms with E-state index >= 15 is 0 Å². The van der Waals surface area contributed by atoms with E-state index in [-0.39, 0.29) is 0 Å². The van der Waals surface area contributed by atoms with Crippen LogP contribution in [-0.2, 0) is 10.1 Å². The average Bonchev–Trinajstić information content (AvgIpc) is 2.72. The van der Waals surface area contributed by atoms with Gasteiger partial charge in [0.1, 0.15) is 6.26 Å². The molecule has 0 radical (unpaired) electrons. The maximum absolute atomic E-state index is 11.4. The van der Waals surface area contributed by atoms with Crippen LogP contribution >= 0.6 is 0 Å². The number of nitrogens with zero attached hydrogens (tertiary/aromatic N) is 1. The van der Waals surface area contributed by atoms with Gasteiger partial charge in [0.05, 0.1) is 5.56 Å². The van der Waals surface area contributed by atoms with Crippen molar-refractivity contribution < 1.29 is 22.1 Å². The van der Waals surface area contributed by atoms with Gasteiger partial charge in [0.15, 0.2) is 12.8 Å². The van der Waals surface area contributed by atoms with Crippen molar-refractivity contribution in [2.45, 2.75) is 37.7 Å². The van der Waals surface area contributed by atoms with E-state index in [1.54, 1.807) is 0 Å². The van der Waals surface area contributed by atoms with Gasteiger partial charge in [0.25, 0.3) is 0 Å². The number of unbranched alkanes of at least 4 members (excludes halogenated alkanes) is 3. The molecule has 0 unspecified atom stereocenters. The second kappa shape index (κ2) is 6.55. The lowest BCUT2D eigenvalue weighted by Gasteiger charge is -2.02. The molecule has 0 amide bonds. The van der Waals surface area contributed by atoms with E-state index in [1.165, 1.54) is 6.21 Å². The van der Waals surface area contributed by atoms with Gasteiger partial charge in [-0.1, -0.05) is 19.8 Å². The molecular weight excluding hydrogens is 258 g/mol. The van der Waals surface area contributed by atoms with Gasteiger partial charge in [-0.05, 0) is 6.42 Å². The molecule has 0 aromatic carbocycles. The molecule has 102 valence electrons. The molecule has 1 aromatic rings. The summed E-state index contributed by atoms with van der Waals surface area (Å²) in [4.78, 5) is 0. The Bertz CT molecular complexity index is 503. The van der Waals surface area contributed by atoms with E-state index in [0.717, 1.165) is 42.8 Å². The molecule has 0 aliphatic heterocycles. The lowest BCUT2D eigenvalue weighted by atomic mass is 10.2. The Morgan fingerprint density at radius 1 is 1.44 bits per heavy atom. The summed E-state index contributed by atoms with van der Waals surface area (Å²) in [5, 5.41) is 10.9. The van der Waals surface area contributed by atoms with Crippen LogP contribution in [0.4, 0.5) is 0 Å². The maximum Gasteiger partial charge on any atom is 0.328 e. The molecule has 0 saturated heterocycles. The van der Waals surface area contributed by atoms with Crippen LogP contribution in [0.5, 0.6) is 0 Å². The van der Waals surface area contributed by atoms with Gasteiger partial charge in [-0.25, -0.2) is 4.74 Å². The van der Waals surface area contributed by atoms with Crippen LogP contribution in [0, 0.1) is 5.21 Å².